The van der Waals surface area contributed by atoms with Crippen molar-refractivity contribution in [3.63, 3.8) is 0 Å². The number of carbonyl (C=O) groups is 4. The Hall–Kier alpha value is -2.64. The summed E-state index contributed by atoms with van der Waals surface area (Å²) in [6.07, 6.45) is 0.619. The normalized spacial score (nSPS) is 10.1. The number of hydrogen-bond acceptors (Lipinski definition) is 8. The van der Waals surface area contributed by atoms with Crippen LogP contribution in [0.5, 0.6) is 0 Å². The molecule has 8 nitrogen and oxygen atoms in total. The van der Waals surface area contributed by atoms with Gasteiger partial charge >= 0.3 is 23.9 Å². The Morgan fingerprint density at radius 1 is 0.955 bits per heavy atom. The van der Waals surface area contributed by atoms with E-state index in [2.05, 4.69) is 27.4 Å². The molecular weight excluding hydrogens is 296 g/mol. The second-order valence-corrected chi connectivity index (χ2v) is 4.05. The van der Waals surface area contributed by atoms with Gasteiger partial charge in [0, 0.05) is 12.0 Å². The highest BCUT2D eigenvalue weighted by Gasteiger charge is 2.57. The quantitative estimate of drug-likeness (QED) is 0.205. The van der Waals surface area contributed by atoms with Gasteiger partial charge in [0.15, 0.2) is 0 Å². The first kappa shape index (κ1) is 19.4. The first-order chi connectivity index (χ1) is 10.3. The molecule has 0 spiro atoms. The number of hydrogen-bond donors (Lipinski definition) is 0. The highest BCUT2D eigenvalue weighted by molar-refractivity contribution is 6.18. The molecule has 0 bridgehead atoms. The van der Waals surface area contributed by atoms with Crippen LogP contribution >= 0.6 is 0 Å². The average Bonchev–Trinajstić information content (AvgIpc) is 2.54. The molecule has 122 valence electrons. The van der Waals surface area contributed by atoms with Crippen LogP contribution in [0.25, 0.3) is 0 Å². The fourth-order valence-electron chi connectivity index (χ4n) is 1.62. The van der Waals surface area contributed by atoms with E-state index in [4.69, 9.17) is 4.74 Å². The van der Waals surface area contributed by atoms with Crippen molar-refractivity contribution in [2.75, 3.05) is 27.9 Å². The van der Waals surface area contributed by atoms with Gasteiger partial charge < -0.3 is 18.9 Å². The molecule has 0 aliphatic carbocycles. The Balaban J connectivity index is 5.66. The zero-order valence-corrected chi connectivity index (χ0v) is 12.7. The molecule has 0 atom stereocenters. The average molecular weight is 314 g/mol. The molecule has 0 aromatic rings. The van der Waals surface area contributed by atoms with E-state index in [1.165, 1.54) is 6.08 Å². The number of ether oxygens (including phenoxy) is 4. The van der Waals surface area contributed by atoms with Crippen LogP contribution in [0.3, 0.4) is 0 Å². The first-order valence-electron chi connectivity index (χ1n) is 6.02. The summed E-state index contributed by atoms with van der Waals surface area (Å²) in [7, 11) is 2.92. The van der Waals surface area contributed by atoms with E-state index < -0.39 is 35.7 Å². The third kappa shape index (κ3) is 3.94. The van der Waals surface area contributed by atoms with Gasteiger partial charge in [-0.3, -0.25) is 14.4 Å². The van der Waals surface area contributed by atoms with Crippen molar-refractivity contribution in [3.8, 4) is 0 Å². The van der Waals surface area contributed by atoms with E-state index in [0.29, 0.717) is 0 Å². The first-order valence-corrected chi connectivity index (χ1v) is 6.02. The van der Waals surface area contributed by atoms with Crippen molar-refractivity contribution < 1.29 is 38.1 Å². The smallest absolute Gasteiger partial charge is 0.335 e. The molecule has 0 saturated carbocycles. The lowest BCUT2D eigenvalue weighted by molar-refractivity contribution is -0.180. The maximum Gasteiger partial charge on any atom is 0.335 e. The third-order valence-corrected chi connectivity index (χ3v) is 2.70. The molecule has 0 fully saturated rings. The van der Waals surface area contributed by atoms with Crippen LogP contribution in [0.15, 0.2) is 24.8 Å². The fourth-order valence-corrected chi connectivity index (χ4v) is 1.62. The third-order valence-electron chi connectivity index (χ3n) is 2.70. The number of carbonyl (C=O) groups excluding carboxylic acids is 4. The number of methoxy groups -OCH3 is 3. The number of rotatable bonds is 8. The Morgan fingerprint density at radius 2 is 1.36 bits per heavy atom. The van der Waals surface area contributed by atoms with E-state index in [1.807, 2.05) is 0 Å². The largest absolute Gasteiger partial charge is 0.468 e. The number of esters is 4. The van der Waals surface area contributed by atoms with Crippen molar-refractivity contribution in [2.24, 2.45) is 5.41 Å². The Bertz CT molecular complexity index is 450. The summed E-state index contributed by atoms with van der Waals surface area (Å²) in [6, 6.07) is 0. The van der Waals surface area contributed by atoms with Gasteiger partial charge in [-0.2, -0.15) is 0 Å². The monoisotopic (exact) mass is 314 g/mol. The SMILES string of the molecule is C=CCOC(=O)C(=C)CC(C(=O)OC)(C(=O)OC)C(=O)OC. The van der Waals surface area contributed by atoms with Gasteiger partial charge in [0.25, 0.3) is 5.41 Å². The summed E-state index contributed by atoms with van der Waals surface area (Å²) in [5.74, 6) is -4.60. The zero-order chi connectivity index (χ0) is 17.3. The van der Waals surface area contributed by atoms with E-state index >= 15 is 0 Å². The highest BCUT2D eigenvalue weighted by Crippen LogP contribution is 2.31. The molecule has 22 heavy (non-hydrogen) atoms. The van der Waals surface area contributed by atoms with Crippen molar-refractivity contribution in [2.45, 2.75) is 6.42 Å². The molecule has 8 heteroatoms. The molecule has 0 aromatic carbocycles. The summed E-state index contributed by atoms with van der Waals surface area (Å²) in [5.41, 5.74) is -2.79. The second-order valence-electron chi connectivity index (χ2n) is 4.05. The molecule has 0 aliphatic heterocycles. The van der Waals surface area contributed by atoms with E-state index in [0.717, 1.165) is 21.3 Å². The summed E-state index contributed by atoms with van der Waals surface area (Å²) in [4.78, 5) is 47.6. The van der Waals surface area contributed by atoms with Crippen molar-refractivity contribution >= 4 is 23.9 Å². The lowest BCUT2D eigenvalue weighted by Gasteiger charge is -2.25. The van der Waals surface area contributed by atoms with Gasteiger partial charge in [0.1, 0.15) is 6.61 Å². The van der Waals surface area contributed by atoms with Gasteiger partial charge in [-0.15, -0.1) is 0 Å². The van der Waals surface area contributed by atoms with Crippen LogP contribution in [-0.2, 0) is 38.1 Å². The summed E-state index contributed by atoms with van der Waals surface area (Å²) in [6.45, 7) is 6.67. The minimum atomic E-state index is -2.48. The topological polar surface area (TPSA) is 105 Å². The zero-order valence-electron chi connectivity index (χ0n) is 12.7. The summed E-state index contributed by atoms with van der Waals surface area (Å²) >= 11 is 0. The predicted octanol–water partition coefficient (Wildman–Crippen LogP) is 0.167. The minimum absolute atomic E-state index is 0.0977. The minimum Gasteiger partial charge on any atom is -0.468 e. The van der Waals surface area contributed by atoms with Crippen molar-refractivity contribution in [3.05, 3.63) is 24.8 Å². The molecule has 0 rings (SSSR count). The van der Waals surface area contributed by atoms with Gasteiger partial charge in [-0.05, 0) is 0 Å². The van der Waals surface area contributed by atoms with Crippen LogP contribution in [0.1, 0.15) is 6.42 Å². The lowest BCUT2D eigenvalue weighted by atomic mass is 9.81. The maximum atomic E-state index is 12.0. The predicted molar refractivity (Wildman–Crippen MR) is 73.4 cm³/mol. The Labute approximate surface area is 127 Å². The van der Waals surface area contributed by atoms with E-state index in [9.17, 15) is 19.2 Å². The van der Waals surface area contributed by atoms with Crippen LogP contribution in [0.2, 0.25) is 0 Å². The fraction of sp³-hybridized carbons (Fsp3) is 0.429. The molecular formula is C14H18O8. The second kappa shape index (κ2) is 8.60. The standard InChI is InChI=1S/C14H18O8/c1-6-7-22-10(15)9(2)8-14(11(16)19-3,12(17)20-4)13(18)21-5/h6H,1-2,7-8H2,3-5H3. The van der Waals surface area contributed by atoms with Gasteiger partial charge in [-0.25, -0.2) is 4.79 Å². The van der Waals surface area contributed by atoms with Crippen molar-refractivity contribution in [1.29, 1.82) is 0 Å². The maximum absolute atomic E-state index is 12.0. The van der Waals surface area contributed by atoms with Gasteiger partial charge in [0.2, 0.25) is 0 Å². The van der Waals surface area contributed by atoms with Gasteiger partial charge in [0.05, 0.1) is 21.3 Å². The Kier molecular flexibility index (Phi) is 7.57. The molecule has 0 aliphatic rings. The van der Waals surface area contributed by atoms with Gasteiger partial charge in [-0.1, -0.05) is 19.2 Å². The van der Waals surface area contributed by atoms with Crippen LogP contribution in [-0.4, -0.2) is 51.8 Å². The molecule has 0 saturated heterocycles. The van der Waals surface area contributed by atoms with Crippen LogP contribution in [0, 0.1) is 5.41 Å². The molecule has 0 aromatic heterocycles. The highest BCUT2D eigenvalue weighted by atomic mass is 16.6. The molecule has 0 heterocycles. The molecule has 0 unspecified atom stereocenters. The van der Waals surface area contributed by atoms with Crippen LogP contribution < -0.4 is 0 Å². The Morgan fingerprint density at radius 3 is 1.68 bits per heavy atom. The molecule has 0 radical (unpaired) electrons. The molecule has 0 N–H and O–H groups in total. The summed E-state index contributed by atoms with van der Waals surface area (Å²) in [5, 5.41) is 0. The van der Waals surface area contributed by atoms with Crippen molar-refractivity contribution in [1.82, 2.24) is 0 Å². The summed E-state index contributed by atoms with van der Waals surface area (Å²) < 4.78 is 18.1. The molecule has 0 amide bonds. The van der Waals surface area contributed by atoms with E-state index in [1.54, 1.807) is 0 Å². The van der Waals surface area contributed by atoms with E-state index in [-0.39, 0.29) is 12.2 Å². The lowest BCUT2D eigenvalue weighted by Crippen LogP contribution is -2.49. The van der Waals surface area contributed by atoms with Crippen LogP contribution in [0.4, 0.5) is 0 Å².